The molecule has 208 valence electrons. The Labute approximate surface area is 225 Å². The summed E-state index contributed by atoms with van der Waals surface area (Å²) in [7, 11) is -1.38. The van der Waals surface area contributed by atoms with Gasteiger partial charge in [0.15, 0.2) is 0 Å². The molecule has 2 atom stereocenters. The third-order valence-corrected chi connectivity index (χ3v) is 8.55. The second-order valence-electron chi connectivity index (χ2n) is 9.67. The van der Waals surface area contributed by atoms with Crippen molar-refractivity contribution < 1.29 is 31.1 Å². The van der Waals surface area contributed by atoms with Crippen LogP contribution in [0, 0.1) is 0 Å². The van der Waals surface area contributed by atoms with Crippen molar-refractivity contribution in [3.63, 3.8) is 0 Å². The highest BCUT2D eigenvalue weighted by atomic mass is 35.5. The number of halogens is 4. The quantitative estimate of drug-likeness (QED) is 0.524. The van der Waals surface area contributed by atoms with Crippen LogP contribution in [-0.4, -0.2) is 98.4 Å². The summed E-state index contributed by atoms with van der Waals surface area (Å²) in [6, 6.07) is 13.0. The third kappa shape index (κ3) is 7.10. The van der Waals surface area contributed by atoms with E-state index in [1.54, 1.807) is 21.9 Å². The van der Waals surface area contributed by atoms with Crippen molar-refractivity contribution in [2.45, 2.75) is 24.9 Å². The van der Waals surface area contributed by atoms with Crippen LogP contribution in [0.2, 0.25) is 5.02 Å². The van der Waals surface area contributed by atoms with Gasteiger partial charge in [-0.05, 0) is 42.4 Å². The predicted molar refractivity (Wildman–Crippen MR) is 138 cm³/mol. The molecule has 13 heteroatoms. The van der Waals surface area contributed by atoms with Gasteiger partial charge in [0.25, 0.3) is 0 Å². The van der Waals surface area contributed by atoms with Crippen LogP contribution in [0.4, 0.5) is 18.0 Å². The number of likely N-dealkylation sites (N-methyl/N-ethyl adjacent to an activating group) is 1. The first-order valence-electron chi connectivity index (χ1n) is 12.1. The second-order valence-corrected chi connectivity index (χ2v) is 12.1. The third-order valence-electron chi connectivity index (χ3n) is 6.99. The van der Waals surface area contributed by atoms with Crippen molar-refractivity contribution in [1.82, 2.24) is 19.0 Å². The summed E-state index contributed by atoms with van der Waals surface area (Å²) in [5.74, 6) is -0.303. The largest absolute Gasteiger partial charge is 0.573 e. The summed E-state index contributed by atoms with van der Waals surface area (Å²) >= 11 is 6.09. The topological polar surface area (TPSA) is 73.4 Å². The number of likely N-dealkylation sites (tertiary alicyclic amines) is 1. The summed E-state index contributed by atoms with van der Waals surface area (Å²) < 4.78 is 66.5. The van der Waals surface area contributed by atoms with Crippen LogP contribution >= 0.6 is 11.6 Å². The van der Waals surface area contributed by atoms with Gasteiger partial charge in [-0.15, -0.1) is 13.2 Å². The van der Waals surface area contributed by atoms with Gasteiger partial charge in [-0.1, -0.05) is 35.9 Å². The molecule has 0 spiro atoms. The minimum absolute atomic E-state index is 0.0219. The Morgan fingerprint density at radius 2 is 1.61 bits per heavy atom. The second kappa shape index (κ2) is 11.3. The predicted octanol–water partition coefficient (Wildman–Crippen LogP) is 3.84. The average molecular weight is 575 g/mol. The highest BCUT2D eigenvalue weighted by molar-refractivity contribution is 7.88. The van der Waals surface area contributed by atoms with E-state index in [-0.39, 0.29) is 36.8 Å². The molecule has 2 aromatic rings. The zero-order valence-corrected chi connectivity index (χ0v) is 22.6. The van der Waals surface area contributed by atoms with Gasteiger partial charge in [0, 0.05) is 62.8 Å². The van der Waals surface area contributed by atoms with Crippen molar-refractivity contribution in [2.24, 2.45) is 0 Å². The number of carbonyl (C=O) groups is 1. The zero-order valence-electron chi connectivity index (χ0n) is 21.1. The molecule has 0 N–H and O–H groups in total. The Kier molecular flexibility index (Phi) is 8.46. The lowest BCUT2D eigenvalue weighted by Crippen LogP contribution is -2.53. The van der Waals surface area contributed by atoms with E-state index in [1.165, 1.54) is 22.7 Å². The average Bonchev–Trinajstić information content (AvgIpc) is 3.29. The van der Waals surface area contributed by atoms with E-state index in [4.69, 9.17) is 11.6 Å². The number of ether oxygens (including phenoxy) is 1. The molecule has 2 fully saturated rings. The van der Waals surface area contributed by atoms with Crippen molar-refractivity contribution >= 4 is 27.7 Å². The number of piperazine rings is 1. The number of alkyl halides is 3. The maximum Gasteiger partial charge on any atom is 0.573 e. The van der Waals surface area contributed by atoms with Crippen LogP contribution in [0.5, 0.6) is 5.75 Å². The van der Waals surface area contributed by atoms with Crippen LogP contribution in [0.25, 0.3) is 0 Å². The Bertz CT molecular complexity index is 1220. The summed E-state index contributed by atoms with van der Waals surface area (Å²) in [5, 5.41) is 0.606. The van der Waals surface area contributed by atoms with Crippen LogP contribution in [0.1, 0.15) is 17.0 Å². The van der Waals surface area contributed by atoms with Crippen molar-refractivity contribution in [3.8, 4) is 5.75 Å². The summed E-state index contributed by atoms with van der Waals surface area (Å²) in [5.41, 5.74) is 1.83. The molecule has 38 heavy (non-hydrogen) atoms. The monoisotopic (exact) mass is 574 g/mol. The number of hydrogen-bond donors (Lipinski definition) is 0. The molecule has 0 saturated carbocycles. The molecule has 4 rings (SSSR count). The first-order valence-corrected chi connectivity index (χ1v) is 14.3. The van der Waals surface area contributed by atoms with E-state index in [9.17, 15) is 26.4 Å². The van der Waals surface area contributed by atoms with Crippen LogP contribution < -0.4 is 4.74 Å². The van der Waals surface area contributed by atoms with Crippen molar-refractivity contribution in [1.29, 1.82) is 0 Å². The molecular weight excluding hydrogens is 545 g/mol. The fourth-order valence-corrected chi connectivity index (χ4v) is 5.99. The molecular formula is C25H30ClF3N4O4S. The maximum atomic E-state index is 13.4. The van der Waals surface area contributed by atoms with Gasteiger partial charge in [-0.25, -0.2) is 13.2 Å². The van der Waals surface area contributed by atoms with Crippen LogP contribution in [-0.2, 0) is 16.6 Å². The van der Waals surface area contributed by atoms with E-state index in [0.29, 0.717) is 37.7 Å². The van der Waals surface area contributed by atoms with Gasteiger partial charge >= 0.3 is 12.4 Å². The molecule has 2 aromatic carbocycles. The first-order chi connectivity index (χ1) is 17.8. The summed E-state index contributed by atoms with van der Waals surface area (Å²) in [6.07, 6.45) is -3.58. The molecule has 0 radical (unpaired) electrons. The molecule has 8 nitrogen and oxygen atoms in total. The number of sulfonamides is 1. The van der Waals surface area contributed by atoms with Crippen LogP contribution in [0.3, 0.4) is 0 Å². The molecule has 0 aromatic heterocycles. The maximum absolute atomic E-state index is 13.4. The molecule has 0 aliphatic carbocycles. The standard InChI is InChI=1S/C25H30ClF3N4O4S/c1-30(15-18-3-9-21(10-4-18)37-25(27,28)29)23-17-32(16-22(23)19-5-7-20(26)8-6-19)24(34)31-11-13-33(14-12-31)38(2,35)36/h3-10,22-23H,11-17H2,1-2H3/t22-,23?/m1/s1. The van der Waals surface area contributed by atoms with Gasteiger partial charge in [-0.3, -0.25) is 4.90 Å². The van der Waals surface area contributed by atoms with Gasteiger partial charge in [0.05, 0.1) is 6.26 Å². The fourth-order valence-electron chi connectivity index (χ4n) is 5.04. The Morgan fingerprint density at radius 3 is 2.16 bits per heavy atom. The van der Waals surface area contributed by atoms with E-state index in [2.05, 4.69) is 9.64 Å². The van der Waals surface area contributed by atoms with Gasteiger partial charge in [0.1, 0.15) is 5.75 Å². The summed E-state index contributed by atoms with van der Waals surface area (Å²) in [4.78, 5) is 19.0. The lowest BCUT2D eigenvalue weighted by molar-refractivity contribution is -0.274. The lowest BCUT2D eigenvalue weighted by atomic mass is 9.93. The SMILES string of the molecule is CN(Cc1ccc(OC(F)(F)F)cc1)C1CN(C(=O)N2CCN(S(C)(=O)=O)CC2)C[C@@H]1c1ccc(Cl)cc1. The van der Waals surface area contributed by atoms with Gasteiger partial charge < -0.3 is 14.5 Å². The number of benzene rings is 2. The number of urea groups is 1. The molecule has 2 aliphatic heterocycles. The zero-order chi connectivity index (χ0) is 27.7. The van der Waals surface area contributed by atoms with E-state index < -0.39 is 16.4 Å². The van der Waals surface area contributed by atoms with Crippen molar-refractivity contribution in [3.05, 3.63) is 64.7 Å². The molecule has 2 saturated heterocycles. The number of rotatable bonds is 6. The Morgan fingerprint density at radius 1 is 1.00 bits per heavy atom. The van der Waals surface area contributed by atoms with E-state index >= 15 is 0 Å². The number of carbonyl (C=O) groups excluding carboxylic acids is 1. The smallest absolute Gasteiger partial charge is 0.406 e. The normalized spacial score (nSPS) is 21.2. The minimum atomic E-state index is -4.75. The first kappa shape index (κ1) is 28.5. The number of hydrogen-bond acceptors (Lipinski definition) is 5. The molecule has 2 heterocycles. The minimum Gasteiger partial charge on any atom is -0.406 e. The van der Waals surface area contributed by atoms with Gasteiger partial charge in [0.2, 0.25) is 10.0 Å². The molecule has 2 amide bonds. The number of amides is 2. The van der Waals surface area contributed by atoms with E-state index in [0.717, 1.165) is 11.1 Å². The number of nitrogens with zero attached hydrogens (tertiary/aromatic N) is 4. The Hall–Kier alpha value is -2.54. The summed E-state index contributed by atoms with van der Waals surface area (Å²) in [6.45, 7) is 2.54. The fraction of sp³-hybridized carbons (Fsp3) is 0.480. The van der Waals surface area contributed by atoms with Crippen LogP contribution in [0.15, 0.2) is 48.5 Å². The van der Waals surface area contributed by atoms with Gasteiger partial charge in [-0.2, -0.15) is 4.31 Å². The van der Waals surface area contributed by atoms with E-state index in [1.807, 2.05) is 31.3 Å². The lowest BCUT2D eigenvalue weighted by Gasteiger charge is -2.35. The molecule has 0 bridgehead atoms. The highest BCUT2D eigenvalue weighted by Gasteiger charge is 2.40. The highest BCUT2D eigenvalue weighted by Crippen LogP contribution is 2.33. The molecule has 2 aliphatic rings. The Balaban J connectivity index is 1.47. The van der Waals surface area contributed by atoms with Crippen molar-refractivity contribution in [2.75, 3.05) is 52.6 Å². The molecule has 1 unspecified atom stereocenters.